The summed E-state index contributed by atoms with van der Waals surface area (Å²) in [5.74, 6) is 0. The van der Waals surface area contributed by atoms with Crippen molar-refractivity contribution in [3.8, 4) is 0 Å². The third-order valence-electron chi connectivity index (χ3n) is 6.73. The Balaban J connectivity index is 1.27. The molecule has 3 aromatic rings. The van der Waals surface area contributed by atoms with E-state index in [0.717, 1.165) is 51.1 Å². The largest absolute Gasteiger partial charge is 0.297 e. The highest BCUT2D eigenvalue weighted by molar-refractivity contribution is 5.53. The molecule has 1 atom stereocenters. The van der Waals surface area contributed by atoms with Crippen LogP contribution in [0.5, 0.6) is 0 Å². The van der Waals surface area contributed by atoms with Gasteiger partial charge in [0, 0.05) is 56.7 Å². The molecule has 0 spiro atoms. The molecule has 5 rings (SSSR count). The zero-order valence-corrected chi connectivity index (χ0v) is 18.6. The maximum Gasteiger partial charge on any atom is 0.270 e. The summed E-state index contributed by atoms with van der Waals surface area (Å²) in [5, 5.41) is 11.0. The molecule has 2 aliphatic rings. The van der Waals surface area contributed by atoms with Gasteiger partial charge in [-0.25, -0.2) is 0 Å². The summed E-state index contributed by atoms with van der Waals surface area (Å²) >= 11 is 0. The number of fused-ring (bicyclic) bond motifs is 2. The van der Waals surface area contributed by atoms with E-state index in [1.807, 2.05) is 18.3 Å². The minimum atomic E-state index is -0.351. The predicted molar refractivity (Wildman–Crippen MR) is 130 cm³/mol. The number of piperazine rings is 1. The molecule has 0 radical (unpaired) electrons. The molecule has 0 amide bonds. The number of aromatic nitrogens is 1. The average molecular weight is 441 g/mol. The molecule has 1 unspecified atom stereocenters. The van der Waals surface area contributed by atoms with Gasteiger partial charge in [0.15, 0.2) is 0 Å². The fraction of sp³-hybridized carbons (Fsp3) is 0.296. The Labute approximate surface area is 194 Å². The molecule has 1 aliphatic heterocycles. The summed E-state index contributed by atoms with van der Waals surface area (Å²) < 4.78 is 0. The van der Waals surface area contributed by atoms with Gasteiger partial charge >= 0.3 is 0 Å². The molecule has 33 heavy (non-hydrogen) atoms. The number of nitrogens with zero attached hydrogens (tertiary/aromatic N) is 4. The van der Waals surface area contributed by atoms with Gasteiger partial charge in [-0.1, -0.05) is 54.6 Å². The Morgan fingerprint density at radius 3 is 2.64 bits per heavy atom. The van der Waals surface area contributed by atoms with Gasteiger partial charge < -0.3 is 0 Å². The van der Waals surface area contributed by atoms with Crippen LogP contribution in [0.4, 0.5) is 5.69 Å². The molecule has 0 saturated carbocycles. The monoisotopic (exact) mass is 440 g/mol. The standard InChI is InChI=1S/C27H28N4O2/c32-31(33)23-9-3-6-21(20-23)7-5-15-29-16-18-30(19-17-29)27-24-10-2-1-8-22(24)12-13-26-25(27)11-4-14-28-26/h1-11,14,20,27H,12-13,15-19H2. The maximum atomic E-state index is 11.0. The van der Waals surface area contributed by atoms with Gasteiger partial charge in [0.1, 0.15) is 0 Å². The quantitative estimate of drug-likeness (QED) is 0.432. The van der Waals surface area contributed by atoms with Crippen LogP contribution in [0.2, 0.25) is 0 Å². The molecule has 2 heterocycles. The highest BCUT2D eigenvalue weighted by Gasteiger charge is 2.31. The molecule has 6 heteroatoms. The predicted octanol–water partition coefficient (Wildman–Crippen LogP) is 4.51. The first kappa shape index (κ1) is 21.5. The minimum absolute atomic E-state index is 0.129. The van der Waals surface area contributed by atoms with Crippen molar-refractivity contribution >= 4 is 11.8 Å². The molecule has 1 fully saturated rings. The van der Waals surface area contributed by atoms with Crippen molar-refractivity contribution in [3.05, 3.63) is 111 Å². The summed E-state index contributed by atoms with van der Waals surface area (Å²) in [6.45, 7) is 4.83. The van der Waals surface area contributed by atoms with Crippen molar-refractivity contribution in [2.75, 3.05) is 32.7 Å². The first-order valence-corrected chi connectivity index (χ1v) is 11.6. The van der Waals surface area contributed by atoms with Gasteiger partial charge in [0.25, 0.3) is 5.69 Å². The van der Waals surface area contributed by atoms with E-state index in [9.17, 15) is 10.1 Å². The van der Waals surface area contributed by atoms with Crippen LogP contribution < -0.4 is 0 Å². The van der Waals surface area contributed by atoms with Gasteiger partial charge in [-0.3, -0.25) is 24.9 Å². The lowest BCUT2D eigenvalue weighted by Crippen LogP contribution is -2.47. The number of aryl methyl sites for hydroxylation is 2. The summed E-state index contributed by atoms with van der Waals surface area (Å²) in [4.78, 5) is 20.4. The van der Waals surface area contributed by atoms with Crippen molar-refractivity contribution < 1.29 is 4.92 Å². The molecular formula is C27H28N4O2. The van der Waals surface area contributed by atoms with Gasteiger partial charge in [-0.05, 0) is 41.2 Å². The number of benzene rings is 2. The van der Waals surface area contributed by atoms with Crippen molar-refractivity contribution in [1.82, 2.24) is 14.8 Å². The number of nitro groups is 1. The molecule has 0 N–H and O–H groups in total. The fourth-order valence-electron chi connectivity index (χ4n) is 5.03. The second kappa shape index (κ2) is 9.65. The lowest BCUT2D eigenvalue weighted by atomic mass is 9.94. The van der Waals surface area contributed by atoms with Crippen LogP contribution in [0, 0.1) is 10.1 Å². The Hall–Kier alpha value is -3.35. The van der Waals surface area contributed by atoms with E-state index in [1.165, 1.54) is 28.5 Å². The zero-order chi connectivity index (χ0) is 22.6. The zero-order valence-electron chi connectivity index (χ0n) is 18.6. The van der Waals surface area contributed by atoms with Crippen LogP contribution in [-0.4, -0.2) is 52.4 Å². The van der Waals surface area contributed by atoms with E-state index in [2.05, 4.69) is 52.3 Å². The smallest absolute Gasteiger partial charge is 0.270 e. The summed E-state index contributed by atoms with van der Waals surface area (Å²) in [7, 11) is 0. The van der Waals surface area contributed by atoms with Crippen LogP contribution in [-0.2, 0) is 12.8 Å². The molecule has 1 aromatic heterocycles. The van der Waals surface area contributed by atoms with Gasteiger partial charge in [-0.2, -0.15) is 0 Å². The molecular weight excluding hydrogens is 412 g/mol. The highest BCUT2D eigenvalue weighted by atomic mass is 16.6. The van der Waals surface area contributed by atoms with E-state index in [0.29, 0.717) is 0 Å². The maximum absolute atomic E-state index is 11.0. The number of pyridine rings is 1. The number of hydrogen-bond acceptors (Lipinski definition) is 5. The normalized spacial score (nSPS) is 19.1. The summed E-state index contributed by atoms with van der Waals surface area (Å²) in [6.07, 6.45) is 8.03. The van der Waals surface area contributed by atoms with Crippen LogP contribution in [0.15, 0.2) is 72.9 Å². The van der Waals surface area contributed by atoms with Gasteiger partial charge in [-0.15, -0.1) is 0 Å². The van der Waals surface area contributed by atoms with E-state index in [1.54, 1.807) is 12.1 Å². The van der Waals surface area contributed by atoms with Crippen molar-refractivity contribution in [1.29, 1.82) is 0 Å². The fourth-order valence-corrected chi connectivity index (χ4v) is 5.03. The highest BCUT2D eigenvalue weighted by Crippen LogP contribution is 2.36. The Kier molecular flexibility index (Phi) is 6.28. The van der Waals surface area contributed by atoms with E-state index in [-0.39, 0.29) is 16.7 Å². The van der Waals surface area contributed by atoms with E-state index >= 15 is 0 Å². The molecule has 6 nitrogen and oxygen atoms in total. The first-order chi connectivity index (χ1) is 16.2. The second-order valence-electron chi connectivity index (χ2n) is 8.73. The van der Waals surface area contributed by atoms with Gasteiger partial charge in [0.2, 0.25) is 0 Å². The second-order valence-corrected chi connectivity index (χ2v) is 8.73. The van der Waals surface area contributed by atoms with Crippen molar-refractivity contribution in [3.63, 3.8) is 0 Å². The van der Waals surface area contributed by atoms with Crippen LogP contribution in [0.25, 0.3) is 6.08 Å². The lowest BCUT2D eigenvalue weighted by Gasteiger charge is -2.39. The van der Waals surface area contributed by atoms with Gasteiger partial charge in [0.05, 0.1) is 11.0 Å². The summed E-state index contributed by atoms with van der Waals surface area (Å²) in [6, 6.07) is 20.2. The summed E-state index contributed by atoms with van der Waals surface area (Å²) in [5.41, 5.74) is 6.42. The third kappa shape index (κ3) is 4.72. The van der Waals surface area contributed by atoms with Crippen LogP contribution in [0.3, 0.4) is 0 Å². The Bertz CT molecular complexity index is 1120. The SMILES string of the molecule is O=[N+]([O-])c1cccc(C=CCN2CCN(C3c4ccccc4CCc4ncccc43)CC2)c1. The Morgan fingerprint density at radius 2 is 1.79 bits per heavy atom. The van der Waals surface area contributed by atoms with E-state index in [4.69, 9.17) is 4.98 Å². The molecule has 0 bridgehead atoms. The lowest BCUT2D eigenvalue weighted by molar-refractivity contribution is -0.384. The van der Waals surface area contributed by atoms with Crippen LogP contribution in [0.1, 0.15) is 34.0 Å². The molecule has 1 saturated heterocycles. The topological polar surface area (TPSA) is 62.5 Å². The van der Waals surface area contributed by atoms with E-state index < -0.39 is 0 Å². The number of non-ortho nitro benzene ring substituents is 1. The molecule has 168 valence electrons. The van der Waals surface area contributed by atoms with Crippen LogP contribution >= 0.6 is 0 Å². The van der Waals surface area contributed by atoms with Crippen molar-refractivity contribution in [2.24, 2.45) is 0 Å². The number of hydrogen-bond donors (Lipinski definition) is 0. The Morgan fingerprint density at radius 1 is 0.970 bits per heavy atom. The first-order valence-electron chi connectivity index (χ1n) is 11.6. The molecule has 1 aliphatic carbocycles. The molecule has 2 aromatic carbocycles. The van der Waals surface area contributed by atoms with Crippen molar-refractivity contribution in [2.45, 2.75) is 18.9 Å². The number of rotatable bonds is 5. The number of nitro benzene ring substituents is 1. The minimum Gasteiger partial charge on any atom is -0.297 e. The average Bonchev–Trinajstić information content (AvgIpc) is 3.02. The third-order valence-corrected chi connectivity index (χ3v) is 6.73.